The number of thiazole rings is 1. The minimum absolute atomic E-state index is 0.130. The SMILES string of the molecule is COc1ccc2nc(-n3ncc4c3NC(=O)C[C@H]4c3ccc(OCC(N)=O)c(OC)c3)sc2c1. The zero-order valence-electron chi connectivity index (χ0n) is 18.4. The van der Waals surface area contributed by atoms with E-state index in [0.29, 0.717) is 22.4 Å². The fourth-order valence-electron chi connectivity index (χ4n) is 3.94. The highest BCUT2D eigenvalue weighted by Gasteiger charge is 2.31. The summed E-state index contributed by atoms with van der Waals surface area (Å²) < 4.78 is 18.8. The van der Waals surface area contributed by atoms with E-state index in [0.717, 1.165) is 27.1 Å². The number of nitrogens with zero attached hydrogens (tertiary/aromatic N) is 3. The Morgan fingerprint density at radius 2 is 2.06 bits per heavy atom. The predicted octanol–water partition coefficient (Wildman–Crippen LogP) is 2.84. The van der Waals surface area contributed by atoms with Gasteiger partial charge in [-0.3, -0.25) is 9.59 Å². The summed E-state index contributed by atoms with van der Waals surface area (Å²) in [5.74, 6) is 1.21. The Bertz CT molecular complexity index is 1410. The van der Waals surface area contributed by atoms with Gasteiger partial charge in [0.05, 0.1) is 30.6 Å². The zero-order chi connectivity index (χ0) is 23.8. The Balaban J connectivity index is 1.52. The Labute approximate surface area is 198 Å². The van der Waals surface area contributed by atoms with Crippen molar-refractivity contribution in [3.63, 3.8) is 0 Å². The van der Waals surface area contributed by atoms with Crippen LogP contribution in [-0.2, 0) is 9.59 Å². The van der Waals surface area contributed by atoms with Crippen molar-refractivity contribution in [1.82, 2.24) is 14.8 Å². The maximum absolute atomic E-state index is 12.7. The molecule has 1 aliphatic heterocycles. The molecule has 34 heavy (non-hydrogen) atoms. The molecule has 174 valence electrons. The van der Waals surface area contributed by atoms with Gasteiger partial charge in [0.15, 0.2) is 18.1 Å². The molecule has 0 saturated carbocycles. The lowest BCUT2D eigenvalue weighted by molar-refractivity contribution is -0.120. The molecular weight excluding hydrogens is 458 g/mol. The molecule has 0 unspecified atom stereocenters. The van der Waals surface area contributed by atoms with E-state index in [1.165, 1.54) is 18.4 Å². The van der Waals surface area contributed by atoms with Crippen molar-refractivity contribution in [2.45, 2.75) is 12.3 Å². The van der Waals surface area contributed by atoms with Gasteiger partial charge in [0.25, 0.3) is 5.91 Å². The van der Waals surface area contributed by atoms with Gasteiger partial charge in [-0.15, -0.1) is 0 Å². The first-order valence-corrected chi connectivity index (χ1v) is 11.2. The molecule has 2 amide bonds. The normalized spacial score (nSPS) is 15.0. The fraction of sp³-hybridized carbons (Fsp3) is 0.217. The molecule has 3 N–H and O–H groups in total. The van der Waals surface area contributed by atoms with Gasteiger partial charge in [-0.05, 0) is 35.9 Å². The van der Waals surface area contributed by atoms with Crippen LogP contribution in [0.5, 0.6) is 17.2 Å². The van der Waals surface area contributed by atoms with Crippen molar-refractivity contribution in [2.75, 3.05) is 26.1 Å². The van der Waals surface area contributed by atoms with Gasteiger partial charge in [0.2, 0.25) is 11.0 Å². The van der Waals surface area contributed by atoms with Gasteiger partial charge >= 0.3 is 0 Å². The number of fused-ring (bicyclic) bond motifs is 2. The monoisotopic (exact) mass is 479 g/mol. The molecule has 0 aliphatic carbocycles. The number of carbonyl (C=O) groups excluding carboxylic acids is 2. The van der Waals surface area contributed by atoms with Crippen molar-refractivity contribution in [2.24, 2.45) is 5.73 Å². The van der Waals surface area contributed by atoms with Crippen LogP contribution in [-0.4, -0.2) is 47.4 Å². The third-order valence-electron chi connectivity index (χ3n) is 5.55. The van der Waals surface area contributed by atoms with Crippen molar-refractivity contribution >= 4 is 39.2 Å². The Kier molecular flexibility index (Phi) is 5.54. The smallest absolute Gasteiger partial charge is 0.255 e. The highest BCUT2D eigenvalue weighted by molar-refractivity contribution is 7.20. The van der Waals surface area contributed by atoms with Gasteiger partial charge in [0.1, 0.15) is 11.6 Å². The van der Waals surface area contributed by atoms with Gasteiger partial charge in [-0.1, -0.05) is 17.4 Å². The number of nitrogens with two attached hydrogens (primary N) is 1. The van der Waals surface area contributed by atoms with Crippen LogP contribution in [0.15, 0.2) is 42.6 Å². The summed E-state index contributed by atoms with van der Waals surface area (Å²) in [5.41, 5.74) is 7.71. The first-order chi connectivity index (χ1) is 16.5. The number of methoxy groups -OCH3 is 2. The number of benzene rings is 2. The number of carbonyl (C=O) groups is 2. The Morgan fingerprint density at radius 1 is 1.21 bits per heavy atom. The summed E-state index contributed by atoms with van der Waals surface area (Å²) in [6.07, 6.45) is 2.00. The number of ether oxygens (including phenoxy) is 3. The number of anilines is 1. The molecule has 0 fully saturated rings. The number of hydrogen-bond donors (Lipinski definition) is 2. The summed E-state index contributed by atoms with van der Waals surface area (Å²) in [4.78, 5) is 28.4. The molecule has 0 bridgehead atoms. The van der Waals surface area contributed by atoms with Crippen molar-refractivity contribution in [3.05, 3.63) is 53.7 Å². The van der Waals surface area contributed by atoms with Gasteiger partial charge in [-0.25, -0.2) is 4.98 Å². The number of rotatable bonds is 7. The third-order valence-corrected chi connectivity index (χ3v) is 6.54. The minimum atomic E-state index is -0.583. The summed E-state index contributed by atoms with van der Waals surface area (Å²) >= 11 is 1.46. The molecule has 0 radical (unpaired) electrons. The quantitative estimate of drug-likeness (QED) is 0.417. The Hall–Kier alpha value is -4.12. The number of amides is 2. The highest BCUT2D eigenvalue weighted by atomic mass is 32.1. The standard InChI is InChI=1S/C23H21N5O5S/c1-31-13-4-5-16-19(8-13)34-23(26-16)28-22-15(10-25-28)14(9-21(30)27-22)12-3-6-17(18(7-12)32-2)33-11-20(24)29/h3-8,10,14H,9,11H2,1-2H3,(H2,24,29)(H,27,30)/t14-/m0/s1. The van der Waals surface area contributed by atoms with Crippen LogP contribution in [0.2, 0.25) is 0 Å². The molecule has 0 spiro atoms. The van der Waals surface area contributed by atoms with Crippen molar-refractivity contribution in [3.8, 4) is 22.4 Å². The molecule has 5 rings (SSSR count). The van der Waals surface area contributed by atoms with Crippen molar-refractivity contribution in [1.29, 1.82) is 0 Å². The van der Waals surface area contributed by atoms with Crippen molar-refractivity contribution < 1.29 is 23.8 Å². The fourth-order valence-corrected chi connectivity index (χ4v) is 4.90. The average Bonchev–Trinajstić information content (AvgIpc) is 3.45. The van der Waals surface area contributed by atoms with E-state index in [1.54, 1.807) is 30.1 Å². The predicted molar refractivity (Wildman–Crippen MR) is 126 cm³/mol. The molecule has 10 nitrogen and oxygen atoms in total. The van der Waals surface area contributed by atoms with Crippen LogP contribution in [0, 0.1) is 0 Å². The first kappa shape index (κ1) is 21.7. The van der Waals surface area contributed by atoms with E-state index in [4.69, 9.17) is 19.9 Å². The Morgan fingerprint density at radius 3 is 2.82 bits per heavy atom. The van der Waals surface area contributed by atoms with Crippen LogP contribution in [0.25, 0.3) is 15.3 Å². The van der Waals surface area contributed by atoms with Gasteiger partial charge < -0.3 is 25.3 Å². The number of aromatic nitrogens is 3. The maximum atomic E-state index is 12.7. The van der Waals surface area contributed by atoms with Crippen LogP contribution < -0.4 is 25.3 Å². The lowest BCUT2D eigenvalue weighted by Crippen LogP contribution is -2.24. The molecule has 1 atom stereocenters. The van der Waals surface area contributed by atoms with E-state index in [2.05, 4.69) is 15.4 Å². The van der Waals surface area contributed by atoms with E-state index >= 15 is 0 Å². The first-order valence-electron chi connectivity index (χ1n) is 10.4. The molecule has 1 aliphatic rings. The molecule has 2 aromatic heterocycles. The number of hydrogen-bond acceptors (Lipinski definition) is 8. The second kappa shape index (κ2) is 8.67. The van der Waals surface area contributed by atoms with E-state index in [9.17, 15) is 9.59 Å². The van der Waals surface area contributed by atoms with Crippen LogP contribution in [0.1, 0.15) is 23.5 Å². The van der Waals surface area contributed by atoms with E-state index in [1.807, 2.05) is 24.3 Å². The second-order valence-electron chi connectivity index (χ2n) is 7.66. The number of primary amides is 1. The average molecular weight is 480 g/mol. The zero-order valence-corrected chi connectivity index (χ0v) is 19.2. The van der Waals surface area contributed by atoms with E-state index < -0.39 is 5.91 Å². The molecule has 4 aromatic rings. The minimum Gasteiger partial charge on any atom is -0.497 e. The molecule has 2 aromatic carbocycles. The number of nitrogens with one attached hydrogen (secondary N) is 1. The summed E-state index contributed by atoms with van der Waals surface area (Å²) in [5, 5.41) is 8.12. The lowest BCUT2D eigenvalue weighted by atomic mass is 9.87. The van der Waals surface area contributed by atoms with E-state index in [-0.39, 0.29) is 24.9 Å². The van der Waals surface area contributed by atoms with Crippen LogP contribution >= 0.6 is 11.3 Å². The molecule has 11 heteroatoms. The largest absolute Gasteiger partial charge is 0.497 e. The van der Waals surface area contributed by atoms with Crippen LogP contribution in [0.4, 0.5) is 5.82 Å². The lowest BCUT2D eigenvalue weighted by Gasteiger charge is -2.24. The summed E-state index contributed by atoms with van der Waals surface area (Å²) in [7, 11) is 3.13. The topological polar surface area (TPSA) is 131 Å². The summed E-state index contributed by atoms with van der Waals surface area (Å²) in [6.45, 7) is -0.257. The third kappa shape index (κ3) is 3.90. The highest BCUT2D eigenvalue weighted by Crippen LogP contribution is 2.41. The van der Waals surface area contributed by atoms with Crippen LogP contribution in [0.3, 0.4) is 0 Å². The van der Waals surface area contributed by atoms with Gasteiger partial charge in [-0.2, -0.15) is 9.78 Å². The molecule has 0 saturated heterocycles. The summed E-state index contributed by atoms with van der Waals surface area (Å²) in [6, 6.07) is 11.0. The maximum Gasteiger partial charge on any atom is 0.255 e. The molecular formula is C23H21N5O5S. The second-order valence-corrected chi connectivity index (χ2v) is 8.67. The van der Waals surface area contributed by atoms with Gasteiger partial charge in [0, 0.05) is 17.9 Å². The molecule has 3 heterocycles.